The zero-order valence-corrected chi connectivity index (χ0v) is 9.60. The van der Waals surface area contributed by atoms with Gasteiger partial charge in [0.25, 0.3) is 0 Å². The molecule has 0 saturated carbocycles. The Hall–Kier alpha value is -1.03. The van der Waals surface area contributed by atoms with Gasteiger partial charge in [-0.2, -0.15) is 13.2 Å². The summed E-state index contributed by atoms with van der Waals surface area (Å²) < 4.78 is 37.0. The van der Waals surface area contributed by atoms with E-state index in [-0.39, 0.29) is 11.5 Å². The molecule has 0 aliphatic carbocycles. The highest BCUT2D eigenvalue weighted by molar-refractivity contribution is 5.27. The SMILES string of the molecule is CC(C)(C)[C@@H](N)c1ccc(C(F)(F)F)cc1. The quantitative estimate of drug-likeness (QED) is 0.782. The average molecular weight is 231 g/mol. The van der Waals surface area contributed by atoms with Crippen LogP contribution in [0.3, 0.4) is 0 Å². The maximum atomic E-state index is 12.3. The highest BCUT2D eigenvalue weighted by Crippen LogP contribution is 2.33. The fraction of sp³-hybridized carbons (Fsp3) is 0.500. The average Bonchev–Trinajstić information content (AvgIpc) is 2.14. The highest BCUT2D eigenvalue weighted by Gasteiger charge is 2.30. The first-order chi connectivity index (χ1) is 7.12. The Morgan fingerprint density at radius 2 is 1.44 bits per heavy atom. The molecule has 0 aliphatic rings. The van der Waals surface area contributed by atoms with Gasteiger partial charge in [-0.15, -0.1) is 0 Å². The van der Waals surface area contributed by atoms with Gasteiger partial charge in [-0.1, -0.05) is 32.9 Å². The standard InChI is InChI=1S/C12H16F3N/c1-11(2,3)10(16)8-4-6-9(7-5-8)12(13,14)15/h4-7,10H,16H2,1-3H3/t10-/m0/s1. The molecule has 90 valence electrons. The summed E-state index contributed by atoms with van der Waals surface area (Å²) in [6, 6.07) is 4.76. The second kappa shape index (κ2) is 4.09. The lowest BCUT2D eigenvalue weighted by Crippen LogP contribution is -2.26. The Kier molecular flexibility index (Phi) is 3.33. The first-order valence-corrected chi connectivity index (χ1v) is 5.05. The molecule has 0 heterocycles. The van der Waals surface area contributed by atoms with Crippen LogP contribution in [0.1, 0.15) is 37.9 Å². The minimum absolute atomic E-state index is 0.167. The van der Waals surface area contributed by atoms with Crippen molar-refractivity contribution >= 4 is 0 Å². The number of halogens is 3. The third-order valence-corrected chi connectivity index (χ3v) is 2.53. The Labute approximate surface area is 93.5 Å². The predicted molar refractivity (Wildman–Crippen MR) is 57.8 cm³/mol. The number of hydrogen-bond acceptors (Lipinski definition) is 1. The molecule has 0 fully saturated rings. The van der Waals surface area contributed by atoms with Crippen molar-refractivity contribution in [3.05, 3.63) is 35.4 Å². The van der Waals surface area contributed by atoms with Gasteiger partial charge in [0.2, 0.25) is 0 Å². The summed E-state index contributed by atoms with van der Waals surface area (Å²) in [5, 5.41) is 0. The summed E-state index contributed by atoms with van der Waals surface area (Å²) in [5.74, 6) is 0. The minimum atomic E-state index is -4.29. The van der Waals surface area contributed by atoms with Gasteiger partial charge in [0, 0.05) is 6.04 Å². The minimum Gasteiger partial charge on any atom is -0.324 e. The molecule has 0 aliphatic heterocycles. The van der Waals surface area contributed by atoms with Gasteiger partial charge in [-0.05, 0) is 23.1 Å². The molecular weight excluding hydrogens is 215 g/mol. The van der Waals surface area contributed by atoms with Gasteiger partial charge in [0.15, 0.2) is 0 Å². The zero-order valence-electron chi connectivity index (χ0n) is 9.60. The molecule has 0 saturated heterocycles. The van der Waals surface area contributed by atoms with E-state index in [9.17, 15) is 13.2 Å². The van der Waals surface area contributed by atoms with Crippen molar-refractivity contribution in [2.75, 3.05) is 0 Å². The van der Waals surface area contributed by atoms with Crippen molar-refractivity contribution < 1.29 is 13.2 Å². The predicted octanol–water partition coefficient (Wildman–Crippen LogP) is 3.75. The monoisotopic (exact) mass is 231 g/mol. The first kappa shape index (κ1) is 13.0. The number of nitrogens with two attached hydrogens (primary N) is 1. The molecule has 1 atom stereocenters. The Morgan fingerprint density at radius 1 is 1.00 bits per heavy atom. The molecule has 1 aromatic rings. The molecule has 0 amide bonds. The van der Waals surface area contributed by atoms with Crippen LogP contribution in [0.4, 0.5) is 13.2 Å². The van der Waals surface area contributed by atoms with Crippen LogP contribution in [-0.4, -0.2) is 0 Å². The molecule has 2 N–H and O–H groups in total. The lowest BCUT2D eigenvalue weighted by molar-refractivity contribution is -0.137. The summed E-state index contributed by atoms with van der Waals surface area (Å²) in [5.41, 5.74) is 5.86. The third-order valence-electron chi connectivity index (χ3n) is 2.53. The molecule has 0 aromatic heterocycles. The van der Waals surface area contributed by atoms with Crippen LogP contribution in [0, 0.1) is 5.41 Å². The van der Waals surface area contributed by atoms with Crippen LogP contribution in [0.15, 0.2) is 24.3 Å². The number of rotatable bonds is 1. The lowest BCUT2D eigenvalue weighted by atomic mass is 9.83. The zero-order chi connectivity index (χ0) is 12.6. The van der Waals surface area contributed by atoms with E-state index in [2.05, 4.69) is 0 Å². The van der Waals surface area contributed by atoms with Crippen LogP contribution < -0.4 is 5.73 Å². The number of alkyl halides is 3. The lowest BCUT2D eigenvalue weighted by Gasteiger charge is -2.27. The second-order valence-electron chi connectivity index (χ2n) is 4.96. The smallest absolute Gasteiger partial charge is 0.324 e. The normalized spacial score (nSPS) is 14.9. The maximum Gasteiger partial charge on any atom is 0.416 e. The highest BCUT2D eigenvalue weighted by atomic mass is 19.4. The molecule has 0 unspecified atom stereocenters. The van der Waals surface area contributed by atoms with Crippen molar-refractivity contribution in [3.63, 3.8) is 0 Å². The fourth-order valence-corrected chi connectivity index (χ4v) is 1.38. The van der Waals surface area contributed by atoms with E-state index < -0.39 is 11.7 Å². The summed E-state index contributed by atoms with van der Waals surface area (Å²) in [6.07, 6.45) is -4.29. The molecule has 0 radical (unpaired) electrons. The van der Waals surface area contributed by atoms with E-state index in [1.54, 1.807) is 0 Å². The van der Waals surface area contributed by atoms with Crippen molar-refractivity contribution in [2.45, 2.75) is 33.0 Å². The van der Waals surface area contributed by atoms with E-state index in [0.717, 1.165) is 17.7 Å². The molecule has 1 rings (SSSR count). The molecule has 0 bridgehead atoms. The third kappa shape index (κ3) is 2.98. The van der Waals surface area contributed by atoms with Gasteiger partial charge in [0.05, 0.1) is 5.56 Å². The molecular formula is C12H16F3N. The molecule has 1 nitrogen and oxygen atoms in total. The van der Waals surface area contributed by atoms with Crippen LogP contribution >= 0.6 is 0 Å². The van der Waals surface area contributed by atoms with E-state index in [1.807, 2.05) is 20.8 Å². The molecule has 16 heavy (non-hydrogen) atoms. The number of benzene rings is 1. The van der Waals surface area contributed by atoms with Gasteiger partial charge in [0.1, 0.15) is 0 Å². The van der Waals surface area contributed by atoms with Crippen LogP contribution in [0.25, 0.3) is 0 Å². The van der Waals surface area contributed by atoms with Crippen molar-refractivity contribution in [1.29, 1.82) is 0 Å². The van der Waals surface area contributed by atoms with Crippen LogP contribution in [-0.2, 0) is 6.18 Å². The Morgan fingerprint density at radius 3 is 1.75 bits per heavy atom. The van der Waals surface area contributed by atoms with Gasteiger partial charge in [-0.3, -0.25) is 0 Å². The maximum absolute atomic E-state index is 12.3. The van der Waals surface area contributed by atoms with Gasteiger partial charge >= 0.3 is 6.18 Å². The van der Waals surface area contributed by atoms with E-state index in [1.165, 1.54) is 12.1 Å². The molecule has 4 heteroatoms. The van der Waals surface area contributed by atoms with Crippen molar-refractivity contribution in [1.82, 2.24) is 0 Å². The Balaban J connectivity index is 2.96. The summed E-state index contributed by atoms with van der Waals surface area (Å²) in [6.45, 7) is 5.86. The topological polar surface area (TPSA) is 26.0 Å². The van der Waals surface area contributed by atoms with E-state index >= 15 is 0 Å². The van der Waals surface area contributed by atoms with Crippen molar-refractivity contribution in [3.8, 4) is 0 Å². The summed E-state index contributed by atoms with van der Waals surface area (Å²) in [4.78, 5) is 0. The van der Waals surface area contributed by atoms with Crippen molar-refractivity contribution in [2.24, 2.45) is 11.1 Å². The second-order valence-corrected chi connectivity index (χ2v) is 4.96. The van der Waals surface area contributed by atoms with Gasteiger partial charge < -0.3 is 5.73 Å². The van der Waals surface area contributed by atoms with E-state index in [0.29, 0.717) is 0 Å². The van der Waals surface area contributed by atoms with E-state index in [4.69, 9.17) is 5.73 Å². The fourth-order valence-electron chi connectivity index (χ4n) is 1.38. The van der Waals surface area contributed by atoms with Crippen LogP contribution in [0.2, 0.25) is 0 Å². The van der Waals surface area contributed by atoms with Crippen LogP contribution in [0.5, 0.6) is 0 Å². The number of hydrogen-bond donors (Lipinski definition) is 1. The summed E-state index contributed by atoms with van der Waals surface area (Å²) in [7, 11) is 0. The largest absolute Gasteiger partial charge is 0.416 e. The Bertz CT molecular complexity index is 346. The molecule has 1 aromatic carbocycles. The molecule has 0 spiro atoms. The van der Waals surface area contributed by atoms with Gasteiger partial charge in [-0.25, -0.2) is 0 Å². The summed E-state index contributed by atoms with van der Waals surface area (Å²) >= 11 is 0. The first-order valence-electron chi connectivity index (χ1n) is 5.05.